The number of aromatic nitrogens is 2. The minimum absolute atomic E-state index is 0.0201. The normalized spacial score (nSPS) is 20.4. The molecule has 2 aliphatic rings. The average molecular weight is 299 g/mol. The Morgan fingerprint density at radius 2 is 1.91 bits per heavy atom. The molecule has 5 nitrogen and oxygen atoms in total. The summed E-state index contributed by atoms with van der Waals surface area (Å²) in [6.45, 7) is 0. The Morgan fingerprint density at radius 3 is 2.73 bits per heavy atom. The van der Waals surface area contributed by atoms with E-state index in [0.29, 0.717) is 28.9 Å². The zero-order valence-electron chi connectivity index (χ0n) is 11.7. The fourth-order valence-corrected chi connectivity index (χ4v) is 3.39. The highest BCUT2D eigenvalue weighted by molar-refractivity contribution is 6.00. The van der Waals surface area contributed by atoms with E-state index in [-0.39, 0.29) is 11.3 Å². The van der Waals surface area contributed by atoms with Gasteiger partial charge in [-0.15, -0.1) is 0 Å². The topological polar surface area (TPSA) is 77.8 Å². The zero-order valence-corrected chi connectivity index (χ0v) is 11.7. The van der Waals surface area contributed by atoms with Crippen molar-refractivity contribution in [2.45, 2.75) is 25.2 Å². The van der Waals surface area contributed by atoms with Gasteiger partial charge >= 0.3 is 0 Å². The first-order valence-electron chi connectivity index (χ1n) is 7.25. The lowest BCUT2D eigenvalue weighted by molar-refractivity contribution is -0.116. The number of ketones is 1. The number of carbonyl (C=O) groups is 1. The van der Waals surface area contributed by atoms with Crippen LogP contribution in [0.4, 0.5) is 10.2 Å². The molecule has 1 unspecified atom stereocenters. The number of hydrogen-bond donors (Lipinski definition) is 3. The number of aromatic amines is 2. The number of benzene rings is 1. The van der Waals surface area contributed by atoms with Crippen LogP contribution in [-0.4, -0.2) is 16.0 Å². The van der Waals surface area contributed by atoms with Crippen molar-refractivity contribution in [1.29, 1.82) is 0 Å². The molecule has 1 aromatic heterocycles. The molecule has 2 heterocycles. The van der Waals surface area contributed by atoms with Crippen molar-refractivity contribution in [2.24, 2.45) is 0 Å². The summed E-state index contributed by atoms with van der Waals surface area (Å²) in [5.41, 5.74) is 1.71. The van der Waals surface area contributed by atoms with Crippen molar-refractivity contribution in [3.8, 4) is 0 Å². The van der Waals surface area contributed by atoms with E-state index in [1.165, 1.54) is 6.07 Å². The lowest BCUT2D eigenvalue weighted by atomic mass is 9.76. The number of anilines is 1. The molecule has 0 fully saturated rings. The molecule has 0 amide bonds. The van der Waals surface area contributed by atoms with E-state index in [2.05, 4.69) is 15.5 Å². The van der Waals surface area contributed by atoms with Crippen molar-refractivity contribution >= 4 is 11.6 Å². The van der Waals surface area contributed by atoms with Crippen LogP contribution < -0.4 is 10.9 Å². The smallest absolute Gasteiger partial charge is 0.270 e. The summed E-state index contributed by atoms with van der Waals surface area (Å²) in [5, 5.41) is 8.41. The van der Waals surface area contributed by atoms with Crippen LogP contribution in [0.2, 0.25) is 0 Å². The largest absolute Gasteiger partial charge is 0.343 e. The van der Waals surface area contributed by atoms with Gasteiger partial charge in [0.25, 0.3) is 5.56 Å². The molecule has 6 heteroatoms. The summed E-state index contributed by atoms with van der Waals surface area (Å²) in [6, 6.07) is 6.30. The van der Waals surface area contributed by atoms with Gasteiger partial charge in [0.1, 0.15) is 11.6 Å². The summed E-state index contributed by atoms with van der Waals surface area (Å²) in [7, 11) is 0. The van der Waals surface area contributed by atoms with Crippen LogP contribution >= 0.6 is 0 Å². The molecule has 0 radical (unpaired) electrons. The van der Waals surface area contributed by atoms with E-state index in [9.17, 15) is 14.0 Å². The Hall–Kier alpha value is -2.63. The van der Waals surface area contributed by atoms with E-state index in [4.69, 9.17) is 0 Å². The first-order chi connectivity index (χ1) is 10.7. The van der Waals surface area contributed by atoms with Crippen molar-refractivity contribution < 1.29 is 9.18 Å². The summed E-state index contributed by atoms with van der Waals surface area (Å²) in [5.74, 6) is -0.568. The Balaban J connectivity index is 2.01. The number of fused-ring (bicyclic) bond motifs is 1. The van der Waals surface area contributed by atoms with Gasteiger partial charge in [-0.25, -0.2) is 4.39 Å². The molecule has 1 aliphatic carbocycles. The van der Waals surface area contributed by atoms with Crippen LogP contribution in [-0.2, 0) is 4.79 Å². The fourth-order valence-electron chi connectivity index (χ4n) is 3.39. The minimum Gasteiger partial charge on any atom is -0.343 e. The van der Waals surface area contributed by atoms with Crippen LogP contribution in [0, 0.1) is 5.82 Å². The maximum atomic E-state index is 14.3. The summed E-state index contributed by atoms with van der Waals surface area (Å²) < 4.78 is 14.3. The van der Waals surface area contributed by atoms with E-state index >= 15 is 0 Å². The lowest BCUT2D eigenvalue weighted by Gasteiger charge is -2.31. The number of nitrogens with one attached hydrogen (secondary N) is 3. The van der Waals surface area contributed by atoms with Gasteiger partial charge in [-0.2, -0.15) is 0 Å². The molecule has 4 rings (SSSR count). The first-order valence-corrected chi connectivity index (χ1v) is 7.25. The van der Waals surface area contributed by atoms with Gasteiger partial charge in [0, 0.05) is 23.3 Å². The van der Waals surface area contributed by atoms with Crippen molar-refractivity contribution in [3.05, 3.63) is 62.8 Å². The minimum atomic E-state index is -0.657. The monoisotopic (exact) mass is 299 g/mol. The van der Waals surface area contributed by atoms with Crippen molar-refractivity contribution in [1.82, 2.24) is 10.2 Å². The molecule has 2 aromatic rings. The van der Waals surface area contributed by atoms with Gasteiger partial charge in [0.05, 0.1) is 11.5 Å². The van der Waals surface area contributed by atoms with Crippen LogP contribution in [0.3, 0.4) is 0 Å². The molecule has 3 N–H and O–H groups in total. The number of H-pyrrole nitrogens is 2. The molecule has 22 heavy (non-hydrogen) atoms. The van der Waals surface area contributed by atoms with E-state index in [0.717, 1.165) is 18.5 Å². The van der Waals surface area contributed by atoms with Gasteiger partial charge in [0.15, 0.2) is 5.78 Å². The quantitative estimate of drug-likeness (QED) is 0.756. The summed E-state index contributed by atoms with van der Waals surface area (Å²) in [4.78, 5) is 24.6. The number of rotatable bonds is 1. The fraction of sp³-hybridized carbons (Fsp3) is 0.250. The molecule has 1 aliphatic heterocycles. The summed E-state index contributed by atoms with van der Waals surface area (Å²) in [6.07, 6.45) is 1.92. The van der Waals surface area contributed by atoms with Crippen LogP contribution in [0.1, 0.15) is 36.3 Å². The Bertz CT molecular complexity index is 862. The molecule has 0 saturated carbocycles. The molecule has 112 valence electrons. The van der Waals surface area contributed by atoms with Crippen molar-refractivity contribution in [3.63, 3.8) is 0 Å². The lowest BCUT2D eigenvalue weighted by Crippen LogP contribution is -2.29. The van der Waals surface area contributed by atoms with Gasteiger partial charge in [0.2, 0.25) is 0 Å². The predicted octanol–water partition coefficient (Wildman–Crippen LogP) is 2.41. The maximum Gasteiger partial charge on any atom is 0.270 e. The number of allylic oxidation sites excluding steroid dienone is 2. The van der Waals surface area contributed by atoms with Gasteiger partial charge in [-0.3, -0.25) is 19.8 Å². The molecule has 0 saturated heterocycles. The highest BCUT2D eigenvalue weighted by Gasteiger charge is 2.38. The second-order valence-electron chi connectivity index (χ2n) is 5.62. The predicted molar refractivity (Wildman–Crippen MR) is 79.2 cm³/mol. The summed E-state index contributed by atoms with van der Waals surface area (Å²) >= 11 is 0. The van der Waals surface area contributed by atoms with E-state index < -0.39 is 11.7 Å². The van der Waals surface area contributed by atoms with Crippen LogP contribution in [0.15, 0.2) is 40.3 Å². The number of halogens is 1. The second-order valence-corrected chi connectivity index (χ2v) is 5.62. The van der Waals surface area contributed by atoms with Gasteiger partial charge in [-0.05, 0) is 18.9 Å². The highest BCUT2D eigenvalue weighted by atomic mass is 19.1. The molecule has 1 aromatic carbocycles. The molecular formula is C16H14FN3O2. The first kappa shape index (κ1) is 13.1. The molecule has 0 bridgehead atoms. The molecular weight excluding hydrogens is 285 g/mol. The standard InChI is InChI=1S/C16H14FN3O2/c17-9-5-2-1-4-8(9)12-13-10(6-3-7-11(13)21)18-15-14(12)16(22)20-19-15/h1-2,4-5,12H,3,6-7H2,(H3,18,19,20,22). The van der Waals surface area contributed by atoms with Crippen LogP contribution in [0.25, 0.3) is 0 Å². The second kappa shape index (κ2) is 4.69. The third-order valence-electron chi connectivity index (χ3n) is 4.34. The van der Waals surface area contributed by atoms with E-state index in [1.54, 1.807) is 18.2 Å². The Morgan fingerprint density at radius 1 is 1.09 bits per heavy atom. The third kappa shape index (κ3) is 1.76. The SMILES string of the molecule is O=C1CCCC2=C1C(c1ccccc1F)c1c([nH][nH]c1=O)N2. The van der Waals surface area contributed by atoms with Gasteiger partial charge < -0.3 is 5.32 Å². The Labute approximate surface area is 125 Å². The number of Topliss-reactive ketones (excluding diaryl/α,β-unsaturated/α-hetero) is 1. The maximum absolute atomic E-state index is 14.3. The average Bonchev–Trinajstić information content (AvgIpc) is 2.88. The van der Waals surface area contributed by atoms with Gasteiger partial charge in [-0.1, -0.05) is 18.2 Å². The number of hydrogen-bond acceptors (Lipinski definition) is 3. The third-order valence-corrected chi connectivity index (χ3v) is 4.34. The van der Waals surface area contributed by atoms with E-state index in [1.807, 2.05) is 0 Å². The van der Waals surface area contributed by atoms with Crippen LogP contribution in [0.5, 0.6) is 0 Å². The zero-order chi connectivity index (χ0) is 15.3. The molecule has 1 atom stereocenters. The number of carbonyl (C=O) groups excluding carboxylic acids is 1. The Kier molecular flexibility index (Phi) is 2.79. The van der Waals surface area contributed by atoms with Crippen molar-refractivity contribution in [2.75, 3.05) is 5.32 Å². The molecule has 0 spiro atoms. The highest BCUT2D eigenvalue weighted by Crippen LogP contribution is 2.43.